The average Bonchev–Trinajstić information content (AvgIpc) is 2.70. The fraction of sp³-hybridized carbons (Fsp3) is 0.160. The molecule has 0 N–H and O–H groups in total. The molecule has 0 spiro atoms. The second-order valence-electron chi connectivity index (χ2n) is 6.73. The Balaban J connectivity index is 1.91. The highest BCUT2D eigenvalue weighted by molar-refractivity contribution is 7.97. The first-order valence-corrected chi connectivity index (χ1v) is 10.3. The molecule has 28 heavy (non-hydrogen) atoms. The molecule has 3 rings (SSSR count). The van der Waals surface area contributed by atoms with Gasteiger partial charge in [0.15, 0.2) is 20.3 Å². The fourth-order valence-corrected chi connectivity index (χ4v) is 4.95. The smallest absolute Gasteiger partial charge is 0.339 e. The SMILES string of the molecule is CC#CC(C)(C)OC(=O)c1ccc([S+](c2ccccc2)c2ccccc2)cc1. The van der Waals surface area contributed by atoms with Crippen LogP contribution in [0.5, 0.6) is 0 Å². The third-order valence-corrected chi connectivity index (χ3v) is 6.29. The third-order valence-electron chi connectivity index (χ3n) is 4.06. The molecule has 0 aromatic heterocycles. The van der Waals surface area contributed by atoms with Crippen molar-refractivity contribution in [3.8, 4) is 11.8 Å². The Labute approximate surface area is 169 Å². The van der Waals surface area contributed by atoms with Gasteiger partial charge < -0.3 is 4.74 Å². The quantitative estimate of drug-likeness (QED) is 0.317. The largest absolute Gasteiger partial charge is 0.443 e. The number of esters is 1. The van der Waals surface area contributed by atoms with Crippen LogP contribution >= 0.6 is 0 Å². The van der Waals surface area contributed by atoms with E-state index < -0.39 is 5.60 Å². The van der Waals surface area contributed by atoms with Crippen molar-refractivity contribution in [2.75, 3.05) is 0 Å². The molecule has 0 fully saturated rings. The second kappa shape index (κ2) is 8.82. The van der Waals surface area contributed by atoms with E-state index in [0.29, 0.717) is 5.56 Å². The number of hydrogen-bond donors (Lipinski definition) is 0. The molecule has 2 nitrogen and oxygen atoms in total. The molecule has 0 saturated heterocycles. The Morgan fingerprint density at radius 2 is 1.25 bits per heavy atom. The lowest BCUT2D eigenvalue weighted by atomic mass is 10.1. The van der Waals surface area contributed by atoms with Gasteiger partial charge in [0.05, 0.1) is 16.5 Å². The maximum Gasteiger partial charge on any atom is 0.339 e. The van der Waals surface area contributed by atoms with Crippen LogP contribution in [0, 0.1) is 11.8 Å². The predicted octanol–water partition coefficient (Wildman–Crippen LogP) is 5.74. The van der Waals surface area contributed by atoms with Crippen molar-refractivity contribution < 1.29 is 9.53 Å². The van der Waals surface area contributed by atoms with Crippen LogP contribution in [0.15, 0.2) is 99.6 Å². The summed E-state index contributed by atoms with van der Waals surface area (Å²) in [5.74, 6) is 5.34. The molecule has 3 aromatic carbocycles. The third kappa shape index (κ3) is 4.85. The highest BCUT2D eigenvalue weighted by atomic mass is 32.2. The van der Waals surface area contributed by atoms with Crippen LogP contribution in [0.25, 0.3) is 0 Å². The zero-order chi connectivity index (χ0) is 20.0. The Bertz CT molecular complexity index is 942. The lowest BCUT2D eigenvalue weighted by molar-refractivity contribution is 0.0204. The Hall–Kier alpha value is -2.96. The molecular weight excluding hydrogens is 364 g/mol. The molecule has 0 saturated carbocycles. The average molecular weight is 388 g/mol. The molecule has 0 aliphatic rings. The first-order valence-electron chi connectivity index (χ1n) is 9.12. The number of hydrogen-bond acceptors (Lipinski definition) is 2. The van der Waals surface area contributed by atoms with Crippen molar-refractivity contribution in [2.24, 2.45) is 0 Å². The van der Waals surface area contributed by atoms with Gasteiger partial charge in [-0.1, -0.05) is 42.3 Å². The van der Waals surface area contributed by atoms with Gasteiger partial charge in [-0.2, -0.15) is 0 Å². The lowest BCUT2D eigenvalue weighted by Crippen LogP contribution is -2.26. The Morgan fingerprint density at radius 1 is 0.786 bits per heavy atom. The van der Waals surface area contributed by atoms with Gasteiger partial charge in [-0.3, -0.25) is 0 Å². The maximum absolute atomic E-state index is 12.5. The fourth-order valence-electron chi connectivity index (χ4n) is 2.87. The minimum Gasteiger partial charge on any atom is -0.443 e. The van der Waals surface area contributed by atoms with Crippen LogP contribution in [-0.4, -0.2) is 11.6 Å². The van der Waals surface area contributed by atoms with E-state index in [1.54, 1.807) is 20.8 Å². The van der Waals surface area contributed by atoms with Gasteiger partial charge in [-0.05, 0) is 69.3 Å². The number of carbonyl (C=O) groups excluding carboxylic acids is 1. The predicted molar refractivity (Wildman–Crippen MR) is 114 cm³/mol. The summed E-state index contributed by atoms with van der Waals surface area (Å²) in [5, 5.41) is 0. The monoisotopic (exact) mass is 387 g/mol. The van der Waals surface area contributed by atoms with Crippen molar-refractivity contribution in [2.45, 2.75) is 41.1 Å². The van der Waals surface area contributed by atoms with E-state index in [2.05, 4.69) is 60.4 Å². The maximum atomic E-state index is 12.5. The molecule has 0 radical (unpaired) electrons. The highest BCUT2D eigenvalue weighted by Gasteiger charge is 2.29. The molecule has 3 heteroatoms. The van der Waals surface area contributed by atoms with E-state index in [0.717, 1.165) is 4.90 Å². The molecule has 0 amide bonds. The van der Waals surface area contributed by atoms with Crippen LogP contribution in [0.3, 0.4) is 0 Å². The summed E-state index contributed by atoms with van der Waals surface area (Å²) >= 11 is 0. The first-order chi connectivity index (χ1) is 13.5. The van der Waals surface area contributed by atoms with Crippen molar-refractivity contribution in [3.63, 3.8) is 0 Å². The van der Waals surface area contributed by atoms with Gasteiger partial charge in [0, 0.05) is 0 Å². The van der Waals surface area contributed by atoms with E-state index in [1.807, 2.05) is 36.4 Å². The van der Waals surface area contributed by atoms with Crippen LogP contribution in [0.4, 0.5) is 0 Å². The molecule has 0 unspecified atom stereocenters. The van der Waals surface area contributed by atoms with E-state index in [-0.39, 0.29) is 16.9 Å². The molecule has 0 atom stereocenters. The zero-order valence-electron chi connectivity index (χ0n) is 16.3. The van der Waals surface area contributed by atoms with Crippen molar-refractivity contribution in [1.82, 2.24) is 0 Å². The summed E-state index contributed by atoms with van der Waals surface area (Å²) in [6.45, 7) is 5.31. The topological polar surface area (TPSA) is 26.3 Å². The number of carbonyl (C=O) groups is 1. The number of ether oxygens (including phenoxy) is 1. The van der Waals surface area contributed by atoms with Crippen LogP contribution in [0.1, 0.15) is 31.1 Å². The molecule has 0 heterocycles. The van der Waals surface area contributed by atoms with Crippen LogP contribution < -0.4 is 0 Å². The molecule has 3 aromatic rings. The Morgan fingerprint density at radius 3 is 1.71 bits per heavy atom. The molecular formula is C25H23O2S+. The minimum absolute atomic E-state index is 0.233. The van der Waals surface area contributed by atoms with E-state index >= 15 is 0 Å². The molecule has 0 bridgehead atoms. The molecule has 0 aliphatic carbocycles. The molecule has 0 aliphatic heterocycles. The van der Waals surface area contributed by atoms with Crippen molar-refractivity contribution in [3.05, 3.63) is 90.5 Å². The molecule has 140 valence electrons. The normalized spacial score (nSPS) is 10.9. The minimum atomic E-state index is -0.803. The lowest BCUT2D eigenvalue weighted by Gasteiger charge is -2.18. The van der Waals surface area contributed by atoms with Gasteiger partial charge in [0.2, 0.25) is 0 Å². The van der Waals surface area contributed by atoms with Gasteiger partial charge in [0.25, 0.3) is 0 Å². The van der Waals surface area contributed by atoms with Crippen LogP contribution in [0.2, 0.25) is 0 Å². The first kappa shape index (κ1) is 19.8. The van der Waals surface area contributed by atoms with Crippen molar-refractivity contribution >= 4 is 16.9 Å². The second-order valence-corrected chi connectivity index (χ2v) is 8.76. The summed E-state index contributed by atoms with van der Waals surface area (Å²) in [6.07, 6.45) is 0. The van der Waals surface area contributed by atoms with E-state index in [9.17, 15) is 4.79 Å². The summed E-state index contributed by atoms with van der Waals surface area (Å²) in [6, 6.07) is 28.5. The number of rotatable bonds is 5. The van der Waals surface area contributed by atoms with Gasteiger partial charge in [-0.15, -0.1) is 5.92 Å². The number of benzene rings is 3. The van der Waals surface area contributed by atoms with Gasteiger partial charge >= 0.3 is 5.97 Å². The van der Waals surface area contributed by atoms with Crippen LogP contribution in [-0.2, 0) is 15.6 Å². The summed E-state index contributed by atoms with van der Waals surface area (Å²) in [5.41, 5.74) is -0.275. The van der Waals surface area contributed by atoms with E-state index in [4.69, 9.17) is 4.74 Å². The zero-order valence-corrected chi connectivity index (χ0v) is 17.1. The summed E-state index contributed by atoms with van der Waals surface area (Å²) < 4.78 is 5.52. The van der Waals surface area contributed by atoms with Gasteiger partial charge in [-0.25, -0.2) is 4.79 Å². The van der Waals surface area contributed by atoms with Gasteiger partial charge in [0.1, 0.15) is 0 Å². The standard InChI is InChI=1S/C25H23O2S/c1-4-19-25(2,3)27-24(26)20-15-17-23(18-16-20)28(21-11-7-5-8-12-21)22-13-9-6-10-14-22/h5-18H,1-3H3/q+1. The van der Waals surface area contributed by atoms with Crippen molar-refractivity contribution in [1.29, 1.82) is 0 Å². The highest BCUT2D eigenvalue weighted by Crippen LogP contribution is 2.31. The summed E-state index contributed by atoms with van der Waals surface area (Å²) in [7, 11) is -0.233. The Kier molecular flexibility index (Phi) is 6.23. The van der Waals surface area contributed by atoms with E-state index in [1.165, 1.54) is 9.79 Å². The summed E-state index contributed by atoms with van der Waals surface area (Å²) in [4.78, 5) is 16.1.